The molecule has 0 atom stereocenters. The third-order valence-electron chi connectivity index (χ3n) is 5.45. The second-order valence-electron chi connectivity index (χ2n) is 8.05. The van der Waals surface area contributed by atoms with Crippen molar-refractivity contribution in [3.63, 3.8) is 0 Å². The number of nitro benzene ring substituents is 1. The van der Waals surface area contributed by atoms with Gasteiger partial charge in [0.1, 0.15) is 6.61 Å². The van der Waals surface area contributed by atoms with Gasteiger partial charge in [0, 0.05) is 22.2 Å². The van der Waals surface area contributed by atoms with Gasteiger partial charge in [0.25, 0.3) is 16.8 Å². The van der Waals surface area contributed by atoms with Crippen LogP contribution in [0, 0.1) is 10.1 Å². The molecule has 0 unspecified atom stereocenters. The first-order chi connectivity index (χ1) is 18.2. The fraction of sp³-hybridized carbons (Fsp3) is 0.148. The van der Waals surface area contributed by atoms with E-state index in [2.05, 4.69) is 15.9 Å². The third kappa shape index (κ3) is 6.48. The number of amides is 2. The van der Waals surface area contributed by atoms with Crippen LogP contribution in [0.3, 0.4) is 0 Å². The number of nitro groups is 1. The lowest BCUT2D eigenvalue weighted by molar-refractivity contribution is -0.384. The Labute approximate surface area is 230 Å². The van der Waals surface area contributed by atoms with Gasteiger partial charge in [-0.3, -0.25) is 29.4 Å². The molecule has 0 saturated carbocycles. The second kappa shape index (κ2) is 12.1. The molecule has 38 heavy (non-hydrogen) atoms. The molecule has 194 valence electrons. The van der Waals surface area contributed by atoms with E-state index in [4.69, 9.17) is 9.47 Å². The molecule has 1 fully saturated rings. The van der Waals surface area contributed by atoms with Crippen molar-refractivity contribution in [3.05, 3.63) is 103 Å². The molecule has 0 radical (unpaired) electrons. The molecular weight excluding hydrogens is 576 g/mol. The Bertz CT molecular complexity index is 1420. The van der Waals surface area contributed by atoms with Crippen molar-refractivity contribution in [1.82, 2.24) is 4.90 Å². The molecule has 11 heteroatoms. The SMILES string of the molecule is CCOc1cc(/C=C2/SC(=O)N(CC(=O)c3ccc(Br)cc3)C2=O)ccc1OCc1ccc([N+](=O)[O-])cc1. The Morgan fingerprint density at radius 3 is 2.39 bits per heavy atom. The van der Waals surface area contributed by atoms with Gasteiger partial charge < -0.3 is 9.47 Å². The molecule has 9 nitrogen and oxygen atoms in total. The highest BCUT2D eigenvalue weighted by Crippen LogP contribution is 2.35. The first-order valence-electron chi connectivity index (χ1n) is 11.4. The fourth-order valence-corrected chi connectivity index (χ4v) is 4.64. The molecule has 1 saturated heterocycles. The van der Waals surface area contributed by atoms with Crippen LogP contribution in [-0.4, -0.2) is 39.9 Å². The van der Waals surface area contributed by atoms with Crippen molar-refractivity contribution in [2.45, 2.75) is 13.5 Å². The maximum Gasteiger partial charge on any atom is 0.293 e. The number of halogens is 1. The summed E-state index contributed by atoms with van der Waals surface area (Å²) >= 11 is 4.08. The maximum absolute atomic E-state index is 12.9. The van der Waals surface area contributed by atoms with E-state index in [1.54, 1.807) is 60.7 Å². The van der Waals surface area contributed by atoms with E-state index in [0.717, 1.165) is 26.7 Å². The normalized spacial score (nSPS) is 14.2. The van der Waals surface area contributed by atoms with Crippen LogP contribution in [0.15, 0.2) is 76.1 Å². The summed E-state index contributed by atoms with van der Waals surface area (Å²) in [5.41, 5.74) is 1.76. The average molecular weight is 597 g/mol. The summed E-state index contributed by atoms with van der Waals surface area (Å²) in [6.45, 7) is 2.01. The average Bonchev–Trinajstić information content (AvgIpc) is 3.16. The lowest BCUT2D eigenvalue weighted by Gasteiger charge is -2.13. The van der Waals surface area contributed by atoms with Gasteiger partial charge in [-0.05, 0) is 72.3 Å². The molecule has 0 spiro atoms. The summed E-state index contributed by atoms with van der Waals surface area (Å²) in [6.07, 6.45) is 1.57. The van der Waals surface area contributed by atoms with Gasteiger partial charge in [0.05, 0.1) is 23.0 Å². The third-order valence-corrected chi connectivity index (χ3v) is 6.88. The largest absolute Gasteiger partial charge is 0.490 e. The van der Waals surface area contributed by atoms with Crippen molar-refractivity contribution in [3.8, 4) is 11.5 Å². The van der Waals surface area contributed by atoms with Gasteiger partial charge in [-0.25, -0.2) is 0 Å². The smallest absolute Gasteiger partial charge is 0.293 e. The minimum absolute atomic E-state index is 0.00444. The number of nitrogens with zero attached hydrogens (tertiary/aromatic N) is 2. The van der Waals surface area contributed by atoms with Crippen LogP contribution in [0.25, 0.3) is 6.08 Å². The first kappa shape index (κ1) is 27.1. The zero-order valence-electron chi connectivity index (χ0n) is 20.1. The van der Waals surface area contributed by atoms with Crippen LogP contribution < -0.4 is 9.47 Å². The lowest BCUT2D eigenvalue weighted by Crippen LogP contribution is -2.33. The molecule has 1 aliphatic rings. The number of hydrogen-bond acceptors (Lipinski definition) is 8. The topological polar surface area (TPSA) is 116 Å². The summed E-state index contributed by atoms with van der Waals surface area (Å²) in [4.78, 5) is 49.5. The Hall–Kier alpha value is -3.96. The maximum atomic E-state index is 12.9. The van der Waals surface area contributed by atoms with Crippen LogP contribution in [-0.2, 0) is 11.4 Å². The highest BCUT2D eigenvalue weighted by atomic mass is 79.9. The van der Waals surface area contributed by atoms with Gasteiger partial charge in [-0.1, -0.05) is 34.1 Å². The highest BCUT2D eigenvalue weighted by molar-refractivity contribution is 9.10. The van der Waals surface area contributed by atoms with Gasteiger partial charge >= 0.3 is 0 Å². The second-order valence-corrected chi connectivity index (χ2v) is 9.96. The minimum Gasteiger partial charge on any atom is -0.490 e. The number of ether oxygens (including phenoxy) is 2. The molecule has 0 aromatic heterocycles. The van der Waals surface area contributed by atoms with Crippen molar-refractivity contribution in [2.24, 2.45) is 0 Å². The first-order valence-corrected chi connectivity index (χ1v) is 13.0. The molecule has 1 heterocycles. The van der Waals surface area contributed by atoms with Gasteiger partial charge in [0.15, 0.2) is 17.3 Å². The highest BCUT2D eigenvalue weighted by Gasteiger charge is 2.36. The van der Waals surface area contributed by atoms with E-state index < -0.39 is 16.1 Å². The Balaban J connectivity index is 1.46. The molecule has 3 aromatic carbocycles. The van der Waals surface area contributed by atoms with E-state index in [9.17, 15) is 24.5 Å². The summed E-state index contributed by atoms with van der Waals surface area (Å²) in [5.74, 6) is 0.0134. The standard InChI is InChI=1S/C27H21BrN2O7S/c1-2-36-24-13-18(5-12-23(24)37-16-17-3-10-21(11-4-17)30(34)35)14-25-26(32)29(27(33)38-25)15-22(31)19-6-8-20(28)9-7-19/h3-14H,2,15-16H2,1H3/b25-14+. The number of benzene rings is 3. The van der Waals surface area contributed by atoms with E-state index in [0.29, 0.717) is 29.2 Å². The predicted octanol–water partition coefficient (Wildman–Crippen LogP) is 6.25. The summed E-state index contributed by atoms with van der Waals surface area (Å²) in [6, 6.07) is 17.8. The molecule has 3 aromatic rings. The molecule has 0 bridgehead atoms. The van der Waals surface area contributed by atoms with E-state index in [1.807, 2.05) is 6.92 Å². The van der Waals surface area contributed by atoms with E-state index >= 15 is 0 Å². The number of non-ortho nitro benzene ring substituents is 1. The number of hydrogen-bond donors (Lipinski definition) is 0. The Morgan fingerprint density at radius 1 is 1.03 bits per heavy atom. The van der Waals surface area contributed by atoms with Crippen molar-refractivity contribution in [2.75, 3.05) is 13.2 Å². The summed E-state index contributed by atoms with van der Waals surface area (Å²) in [5, 5.41) is 10.3. The molecule has 0 aliphatic carbocycles. The van der Waals surface area contributed by atoms with Gasteiger partial charge in [0.2, 0.25) is 0 Å². The number of carbonyl (C=O) groups excluding carboxylic acids is 3. The number of carbonyl (C=O) groups is 3. The number of ketones is 1. The zero-order chi connectivity index (χ0) is 27.2. The van der Waals surface area contributed by atoms with Crippen LogP contribution >= 0.6 is 27.7 Å². The van der Waals surface area contributed by atoms with E-state index in [1.165, 1.54) is 12.1 Å². The van der Waals surface area contributed by atoms with Crippen LogP contribution in [0.2, 0.25) is 0 Å². The Morgan fingerprint density at radius 2 is 1.74 bits per heavy atom. The molecular formula is C27H21BrN2O7S. The zero-order valence-corrected chi connectivity index (χ0v) is 22.5. The molecule has 4 rings (SSSR count). The number of rotatable bonds is 10. The predicted molar refractivity (Wildman–Crippen MR) is 146 cm³/mol. The van der Waals surface area contributed by atoms with Crippen LogP contribution in [0.4, 0.5) is 10.5 Å². The summed E-state index contributed by atoms with van der Waals surface area (Å²) in [7, 11) is 0. The van der Waals surface area contributed by atoms with Crippen molar-refractivity contribution in [1.29, 1.82) is 0 Å². The van der Waals surface area contributed by atoms with Gasteiger partial charge in [-0.2, -0.15) is 0 Å². The number of Topliss-reactive ketones (excluding diaryl/α,β-unsaturated/α-hetero) is 1. The van der Waals surface area contributed by atoms with Crippen LogP contribution in [0.1, 0.15) is 28.4 Å². The van der Waals surface area contributed by atoms with Crippen molar-refractivity contribution >= 4 is 56.4 Å². The number of imide groups is 1. The fourth-order valence-electron chi connectivity index (χ4n) is 3.54. The van der Waals surface area contributed by atoms with Gasteiger partial charge in [-0.15, -0.1) is 0 Å². The molecule has 2 amide bonds. The Kier molecular flexibility index (Phi) is 8.59. The monoisotopic (exact) mass is 596 g/mol. The number of thioether (sulfide) groups is 1. The summed E-state index contributed by atoms with van der Waals surface area (Å²) < 4.78 is 12.4. The molecule has 0 N–H and O–H groups in total. The molecule has 1 aliphatic heterocycles. The minimum atomic E-state index is -0.540. The van der Waals surface area contributed by atoms with Crippen molar-refractivity contribution < 1.29 is 28.8 Å². The quantitative estimate of drug-likeness (QED) is 0.117. The van der Waals surface area contributed by atoms with Crippen LogP contribution in [0.5, 0.6) is 11.5 Å². The van der Waals surface area contributed by atoms with E-state index in [-0.39, 0.29) is 29.5 Å². The lowest BCUT2D eigenvalue weighted by atomic mass is 10.1.